The van der Waals surface area contributed by atoms with Crippen molar-refractivity contribution in [2.24, 2.45) is 5.92 Å². The van der Waals surface area contributed by atoms with Crippen LogP contribution < -0.4 is 10.6 Å². The highest BCUT2D eigenvalue weighted by Gasteiger charge is 2.25. The van der Waals surface area contributed by atoms with E-state index in [2.05, 4.69) is 15.5 Å². The average molecular weight is 366 g/mol. The van der Waals surface area contributed by atoms with Crippen LogP contribution in [0.2, 0.25) is 5.02 Å². The number of rotatable bonds is 7. The lowest BCUT2D eigenvalue weighted by Crippen LogP contribution is -2.43. The Kier molecular flexibility index (Phi) is 7.72. The summed E-state index contributed by atoms with van der Waals surface area (Å²) in [6, 6.07) is 7.71. The molecule has 0 aromatic heterocycles. The minimum atomic E-state index is 0.0274. The SMILES string of the molecule is CC(C)NC(=O)C1CCN(CCC(=O)NCc2ccccc2Cl)CC1. The molecule has 0 unspecified atom stereocenters. The Morgan fingerprint density at radius 2 is 1.92 bits per heavy atom. The number of halogens is 1. The van der Waals surface area contributed by atoms with Crippen molar-refractivity contribution >= 4 is 23.4 Å². The number of nitrogens with zero attached hydrogens (tertiary/aromatic N) is 1. The van der Waals surface area contributed by atoms with Crippen molar-refractivity contribution in [3.8, 4) is 0 Å². The maximum Gasteiger partial charge on any atom is 0.223 e. The number of carbonyl (C=O) groups excluding carboxylic acids is 2. The molecule has 0 spiro atoms. The first-order valence-electron chi connectivity index (χ1n) is 8.98. The molecule has 1 heterocycles. The molecule has 5 nitrogen and oxygen atoms in total. The second-order valence-electron chi connectivity index (χ2n) is 6.90. The third kappa shape index (κ3) is 6.67. The normalized spacial score (nSPS) is 16.0. The number of nitrogens with one attached hydrogen (secondary N) is 2. The van der Waals surface area contributed by atoms with Crippen LogP contribution in [0.15, 0.2) is 24.3 Å². The van der Waals surface area contributed by atoms with Crippen LogP contribution in [0.3, 0.4) is 0 Å². The van der Waals surface area contributed by atoms with Gasteiger partial charge in [0.05, 0.1) is 0 Å². The first-order chi connectivity index (χ1) is 12.0. The van der Waals surface area contributed by atoms with Gasteiger partial charge in [-0.15, -0.1) is 0 Å². The standard InChI is InChI=1S/C19H28ClN3O2/c1-14(2)22-19(25)15-7-10-23(11-8-15)12-9-18(24)21-13-16-5-3-4-6-17(16)20/h3-6,14-15H,7-13H2,1-2H3,(H,21,24)(H,22,25). The fourth-order valence-electron chi connectivity index (χ4n) is 3.00. The first-order valence-corrected chi connectivity index (χ1v) is 9.36. The molecule has 1 fully saturated rings. The summed E-state index contributed by atoms with van der Waals surface area (Å²) in [6.07, 6.45) is 2.19. The van der Waals surface area contributed by atoms with E-state index in [0.717, 1.165) is 38.0 Å². The van der Waals surface area contributed by atoms with Gasteiger partial charge in [0.1, 0.15) is 0 Å². The Morgan fingerprint density at radius 1 is 1.24 bits per heavy atom. The molecule has 1 aliphatic heterocycles. The topological polar surface area (TPSA) is 61.4 Å². The largest absolute Gasteiger partial charge is 0.354 e. The van der Waals surface area contributed by atoms with E-state index in [1.807, 2.05) is 38.1 Å². The van der Waals surface area contributed by atoms with E-state index in [9.17, 15) is 9.59 Å². The van der Waals surface area contributed by atoms with Gasteiger partial charge in [0.2, 0.25) is 11.8 Å². The van der Waals surface area contributed by atoms with Crippen molar-refractivity contribution in [1.82, 2.24) is 15.5 Å². The van der Waals surface area contributed by atoms with Gasteiger partial charge < -0.3 is 15.5 Å². The second-order valence-corrected chi connectivity index (χ2v) is 7.30. The zero-order valence-corrected chi connectivity index (χ0v) is 15.8. The van der Waals surface area contributed by atoms with Crippen LogP contribution in [-0.2, 0) is 16.1 Å². The fourth-order valence-corrected chi connectivity index (χ4v) is 3.21. The Balaban J connectivity index is 1.64. The molecule has 0 saturated carbocycles. The van der Waals surface area contributed by atoms with E-state index < -0.39 is 0 Å². The maximum atomic E-state index is 12.0. The Bertz CT molecular complexity index is 584. The molecule has 1 aromatic rings. The highest BCUT2D eigenvalue weighted by molar-refractivity contribution is 6.31. The smallest absolute Gasteiger partial charge is 0.223 e. The van der Waals surface area contributed by atoms with Gasteiger partial charge in [-0.2, -0.15) is 0 Å². The number of carbonyl (C=O) groups is 2. The van der Waals surface area contributed by atoms with E-state index in [-0.39, 0.29) is 23.8 Å². The van der Waals surface area contributed by atoms with Crippen LogP contribution in [-0.4, -0.2) is 42.4 Å². The lowest BCUT2D eigenvalue weighted by atomic mass is 9.95. The molecule has 2 amide bonds. The number of hydrogen-bond acceptors (Lipinski definition) is 3. The number of benzene rings is 1. The van der Waals surface area contributed by atoms with E-state index in [1.165, 1.54) is 0 Å². The molecule has 0 aliphatic carbocycles. The molecule has 2 rings (SSSR count). The van der Waals surface area contributed by atoms with Crippen molar-refractivity contribution in [3.63, 3.8) is 0 Å². The third-order valence-corrected chi connectivity index (χ3v) is 4.85. The molecule has 1 aliphatic rings. The molecule has 138 valence electrons. The molecule has 0 bridgehead atoms. The molecular formula is C19H28ClN3O2. The summed E-state index contributed by atoms with van der Waals surface area (Å²) >= 11 is 6.08. The van der Waals surface area contributed by atoms with Crippen LogP contribution >= 0.6 is 11.6 Å². The van der Waals surface area contributed by atoms with Gasteiger partial charge in [-0.1, -0.05) is 29.8 Å². The number of amides is 2. The minimum absolute atomic E-state index is 0.0274. The van der Waals surface area contributed by atoms with Crippen molar-refractivity contribution in [1.29, 1.82) is 0 Å². The van der Waals surface area contributed by atoms with Crippen LogP contribution in [0.4, 0.5) is 0 Å². The summed E-state index contributed by atoms with van der Waals surface area (Å²) in [4.78, 5) is 26.3. The first kappa shape index (κ1) is 19.7. The summed E-state index contributed by atoms with van der Waals surface area (Å²) in [7, 11) is 0. The molecule has 1 aromatic carbocycles. The summed E-state index contributed by atoms with van der Waals surface area (Å²) in [5, 5.41) is 6.57. The van der Waals surface area contributed by atoms with E-state index in [1.54, 1.807) is 0 Å². The molecule has 25 heavy (non-hydrogen) atoms. The highest BCUT2D eigenvalue weighted by atomic mass is 35.5. The molecule has 2 N–H and O–H groups in total. The zero-order valence-electron chi connectivity index (χ0n) is 15.1. The van der Waals surface area contributed by atoms with Crippen molar-refractivity contribution in [2.45, 2.75) is 45.7 Å². The van der Waals surface area contributed by atoms with Gasteiger partial charge in [0.15, 0.2) is 0 Å². The van der Waals surface area contributed by atoms with Crippen molar-refractivity contribution in [2.75, 3.05) is 19.6 Å². The number of likely N-dealkylation sites (tertiary alicyclic amines) is 1. The Hall–Kier alpha value is -1.59. The molecule has 0 radical (unpaired) electrons. The second kappa shape index (κ2) is 9.78. The van der Waals surface area contributed by atoms with Gasteiger partial charge in [0.25, 0.3) is 0 Å². The molecule has 0 atom stereocenters. The minimum Gasteiger partial charge on any atom is -0.354 e. The lowest BCUT2D eigenvalue weighted by Gasteiger charge is -2.31. The van der Waals surface area contributed by atoms with Crippen LogP contribution in [0, 0.1) is 5.92 Å². The Morgan fingerprint density at radius 3 is 2.56 bits per heavy atom. The van der Waals surface area contributed by atoms with Gasteiger partial charge in [-0.3, -0.25) is 9.59 Å². The summed E-state index contributed by atoms with van der Waals surface area (Å²) in [5.74, 6) is 0.291. The van der Waals surface area contributed by atoms with Crippen LogP contribution in [0.25, 0.3) is 0 Å². The van der Waals surface area contributed by atoms with Gasteiger partial charge >= 0.3 is 0 Å². The van der Waals surface area contributed by atoms with E-state index in [0.29, 0.717) is 18.0 Å². The van der Waals surface area contributed by atoms with E-state index in [4.69, 9.17) is 11.6 Å². The summed E-state index contributed by atoms with van der Waals surface area (Å²) < 4.78 is 0. The van der Waals surface area contributed by atoms with Gasteiger partial charge in [0, 0.05) is 36.5 Å². The van der Waals surface area contributed by atoms with E-state index >= 15 is 0 Å². The number of piperidine rings is 1. The fraction of sp³-hybridized carbons (Fsp3) is 0.579. The zero-order chi connectivity index (χ0) is 18.2. The van der Waals surface area contributed by atoms with Crippen LogP contribution in [0.1, 0.15) is 38.7 Å². The summed E-state index contributed by atoms with van der Waals surface area (Å²) in [5.41, 5.74) is 0.925. The lowest BCUT2D eigenvalue weighted by molar-refractivity contribution is -0.127. The van der Waals surface area contributed by atoms with Crippen molar-refractivity contribution in [3.05, 3.63) is 34.9 Å². The summed E-state index contributed by atoms with van der Waals surface area (Å²) in [6.45, 7) is 6.88. The third-order valence-electron chi connectivity index (χ3n) is 4.48. The monoisotopic (exact) mass is 365 g/mol. The maximum absolute atomic E-state index is 12.0. The molecule has 6 heteroatoms. The van der Waals surface area contributed by atoms with Gasteiger partial charge in [-0.25, -0.2) is 0 Å². The average Bonchev–Trinajstić information content (AvgIpc) is 2.59. The van der Waals surface area contributed by atoms with Crippen LogP contribution in [0.5, 0.6) is 0 Å². The quantitative estimate of drug-likeness (QED) is 0.780. The predicted octanol–water partition coefficient (Wildman–Crippen LogP) is 2.58. The van der Waals surface area contributed by atoms with Crippen molar-refractivity contribution < 1.29 is 9.59 Å². The number of hydrogen-bond donors (Lipinski definition) is 2. The Labute approximate surface area is 155 Å². The predicted molar refractivity (Wildman–Crippen MR) is 100 cm³/mol. The highest BCUT2D eigenvalue weighted by Crippen LogP contribution is 2.18. The molecular weight excluding hydrogens is 338 g/mol. The van der Waals surface area contributed by atoms with Gasteiger partial charge in [-0.05, 0) is 51.4 Å². The molecule has 1 saturated heterocycles.